The van der Waals surface area contributed by atoms with Crippen molar-refractivity contribution in [1.29, 1.82) is 0 Å². The van der Waals surface area contributed by atoms with Crippen LogP contribution in [0, 0.1) is 5.82 Å². The number of benzene rings is 1. The summed E-state index contributed by atoms with van der Waals surface area (Å²) in [6.07, 6.45) is 1.40. The molecule has 1 aromatic heterocycles. The lowest BCUT2D eigenvalue weighted by Crippen LogP contribution is -1.99. The first-order valence-electron chi connectivity index (χ1n) is 4.50. The maximum atomic E-state index is 13.1. The highest BCUT2D eigenvalue weighted by Crippen LogP contribution is 2.28. The van der Waals surface area contributed by atoms with Crippen LogP contribution in [0.3, 0.4) is 0 Å². The van der Waals surface area contributed by atoms with Crippen LogP contribution in [0.25, 0.3) is 11.3 Å². The second-order valence-electron chi connectivity index (χ2n) is 3.04. The van der Waals surface area contributed by atoms with Crippen molar-refractivity contribution in [1.82, 2.24) is 15.2 Å². The number of nitrogens with zero attached hydrogens (tertiary/aromatic N) is 3. The van der Waals surface area contributed by atoms with Gasteiger partial charge in [-0.1, -0.05) is 0 Å². The van der Waals surface area contributed by atoms with Crippen LogP contribution < -0.4 is 10.5 Å². The van der Waals surface area contributed by atoms with E-state index in [1.807, 2.05) is 0 Å². The lowest BCUT2D eigenvalue weighted by atomic mass is 10.1. The van der Waals surface area contributed by atoms with Crippen molar-refractivity contribution in [3.05, 3.63) is 30.2 Å². The maximum Gasteiger partial charge on any atom is 0.240 e. The quantitative estimate of drug-likeness (QED) is 0.824. The molecule has 16 heavy (non-hydrogen) atoms. The molecular formula is C10H9FN4O. The standard InChI is InChI=1S/C10H9FN4O/c1-16-9-3-2-6(11)4-7(9)8-5-13-15-10(12)14-8/h2-5H,1H3,(H2,12,14,15). The minimum atomic E-state index is -0.381. The van der Waals surface area contributed by atoms with E-state index in [1.165, 1.54) is 31.5 Å². The van der Waals surface area contributed by atoms with Gasteiger partial charge in [-0.25, -0.2) is 9.37 Å². The van der Waals surface area contributed by atoms with Gasteiger partial charge in [-0.15, -0.1) is 5.10 Å². The summed E-state index contributed by atoms with van der Waals surface area (Å²) in [5, 5.41) is 7.18. The minimum absolute atomic E-state index is 0.0313. The summed E-state index contributed by atoms with van der Waals surface area (Å²) in [6.45, 7) is 0. The van der Waals surface area contributed by atoms with Gasteiger partial charge in [-0.2, -0.15) is 5.10 Å². The van der Waals surface area contributed by atoms with Gasteiger partial charge < -0.3 is 10.5 Å². The Bertz CT molecular complexity index is 518. The molecule has 0 amide bonds. The van der Waals surface area contributed by atoms with Crippen LogP contribution in [0.2, 0.25) is 0 Å². The number of hydrogen-bond acceptors (Lipinski definition) is 5. The first-order valence-corrected chi connectivity index (χ1v) is 4.50. The first kappa shape index (κ1) is 10.3. The third-order valence-corrected chi connectivity index (χ3v) is 2.01. The molecule has 0 saturated carbocycles. The molecule has 2 N–H and O–H groups in total. The van der Waals surface area contributed by atoms with E-state index in [0.717, 1.165) is 0 Å². The second-order valence-corrected chi connectivity index (χ2v) is 3.04. The monoisotopic (exact) mass is 220 g/mol. The van der Waals surface area contributed by atoms with E-state index >= 15 is 0 Å². The van der Waals surface area contributed by atoms with E-state index in [1.54, 1.807) is 0 Å². The Hall–Kier alpha value is -2.24. The number of hydrogen-bond donors (Lipinski definition) is 1. The van der Waals surface area contributed by atoms with Gasteiger partial charge in [0, 0.05) is 5.56 Å². The Morgan fingerprint density at radius 3 is 2.88 bits per heavy atom. The molecule has 0 bridgehead atoms. The predicted molar refractivity (Wildman–Crippen MR) is 56.2 cm³/mol. The zero-order chi connectivity index (χ0) is 11.5. The van der Waals surface area contributed by atoms with E-state index in [9.17, 15) is 4.39 Å². The van der Waals surface area contributed by atoms with Crippen molar-refractivity contribution in [2.75, 3.05) is 12.8 Å². The summed E-state index contributed by atoms with van der Waals surface area (Å²) in [7, 11) is 1.49. The van der Waals surface area contributed by atoms with Crippen molar-refractivity contribution >= 4 is 5.95 Å². The largest absolute Gasteiger partial charge is 0.496 e. The molecule has 0 unspecified atom stereocenters. The molecule has 0 aliphatic rings. The van der Waals surface area contributed by atoms with Crippen LogP contribution in [0.5, 0.6) is 5.75 Å². The lowest BCUT2D eigenvalue weighted by Gasteiger charge is -2.07. The molecule has 0 spiro atoms. The van der Waals surface area contributed by atoms with E-state index in [-0.39, 0.29) is 11.8 Å². The van der Waals surface area contributed by atoms with Crippen LogP contribution >= 0.6 is 0 Å². The Labute approximate surface area is 91.1 Å². The van der Waals surface area contributed by atoms with Gasteiger partial charge in [0.2, 0.25) is 5.95 Å². The molecule has 0 saturated heterocycles. The summed E-state index contributed by atoms with van der Waals surface area (Å²) >= 11 is 0. The van der Waals surface area contributed by atoms with Crippen molar-refractivity contribution in [2.45, 2.75) is 0 Å². The topological polar surface area (TPSA) is 73.9 Å². The van der Waals surface area contributed by atoms with Crippen LogP contribution in [0.4, 0.5) is 10.3 Å². The molecule has 0 atom stereocenters. The van der Waals surface area contributed by atoms with Gasteiger partial charge in [0.05, 0.1) is 19.0 Å². The fourth-order valence-corrected chi connectivity index (χ4v) is 1.33. The molecule has 0 radical (unpaired) electrons. The third-order valence-electron chi connectivity index (χ3n) is 2.01. The first-order chi connectivity index (χ1) is 7.70. The SMILES string of the molecule is COc1ccc(F)cc1-c1cnnc(N)n1. The van der Waals surface area contributed by atoms with Gasteiger partial charge in [-0.05, 0) is 18.2 Å². The average molecular weight is 220 g/mol. The van der Waals surface area contributed by atoms with Crippen LogP contribution in [-0.2, 0) is 0 Å². The van der Waals surface area contributed by atoms with Gasteiger partial charge in [0.15, 0.2) is 0 Å². The highest BCUT2D eigenvalue weighted by molar-refractivity contribution is 5.66. The normalized spacial score (nSPS) is 10.1. The smallest absolute Gasteiger partial charge is 0.240 e. The van der Waals surface area contributed by atoms with Crippen molar-refractivity contribution in [3.63, 3.8) is 0 Å². The number of ether oxygens (including phenoxy) is 1. The molecular weight excluding hydrogens is 211 g/mol. The highest BCUT2D eigenvalue weighted by Gasteiger charge is 2.09. The summed E-state index contributed by atoms with van der Waals surface area (Å²) in [4.78, 5) is 3.95. The highest BCUT2D eigenvalue weighted by atomic mass is 19.1. The zero-order valence-corrected chi connectivity index (χ0v) is 8.51. The number of rotatable bonds is 2. The van der Waals surface area contributed by atoms with Gasteiger partial charge in [0.1, 0.15) is 11.6 Å². The number of nitrogens with two attached hydrogens (primary N) is 1. The summed E-state index contributed by atoms with van der Waals surface area (Å²) < 4.78 is 18.2. The number of halogens is 1. The minimum Gasteiger partial charge on any atom is -0.496 e. The Balaban J connectivity index is 2.58. The Morgan fingerprint density at radius 1 is 1.38 bits per heavy atom. The van der Waals surface area contributed by atoms with Gasteiger partial charge in [0.25, 0.3) is 0 Å². The fraction of sp³-hybridized carbons (Fsp3) is 0.100. The zero-order valence-electron chi connectivity index (χ0n) is 8.51. The van der Waals surface area contributed by atoms with E-state index in [4.69, 9.17) is 10.5 Å². The maximum absolute atomic E-state index is 13.1. The molecule has 2 aromatic rings. The summed E-state index contributed by atoms with van der Waals surface area (Å²) in [5.74, 6) is 0.151. The molecule has 82 valence electrons. The molecule has 5 nitrogen and oxygen atoms in total. The van der Waals surface area contributed by atoms with E-state index in [0.29, 0.717) is 17.0 Å². The molecule has 1 heterocycles. The molecule has 1 aromatic carbocycles. The molecule has 6 heteroatoms. The Morgan fingerprint density at radius 2 is 2.19 bits per heavy atom. The lowest BCUT2D eigenvalue weighted by molar-refractivity contribution is 0.415. The molecule has 2 rings (SSSR count). The van der Waals surface area contributed by atoms with Gasteiger partial charge >= 0.3 is 0 Å². The van der Waals surface area contributed by atoms with Crippen LogP contribution in [-0.4, -0.2) is 22.3 Å². The molecule has 0 aliphatic heterocycles. The fourth-order valence-electron chi connectivity index (χ4n) is 1.33. The van der Waals surface area contributed by atoms with Crippen LogP contribution in [0.15, 0.2) is 24.4 Å². The third kappa shape index (κ3) is 1.90. The Kier molecular flexibility index (Phi) is 2.63. The van der Waals surface area contributed by atoms with Crippen molar-refractivity contribution < 1.29 is 9.13 Å². The molecule has 0 aliphatic carbocycles. The van der Waals surface area contributed by atoms with E-state index in [2.05, 4.69) is 15.2 Å². The van der Waals surface area contributed by atoms with Crippen molar-refractivity contribution in [3.8, 4) is 17.0 Å². The van der Waals surface area contributed by atoms with E-state index < -0.39 is 0 Å². The number of methoxy groups -OCH3 is 1. The van der Waals surface area contributed by atoms with Gasteiger partial charge in [-0.3, -0.25) is 0 Å². The number of aromatic nitrogens is 3. The van der Waals surface area contributed by atoms with Crippen LogP contribution in [0.1, 0.15) is 0 Å². The number of anilines is 1. The summed E-state index contributed by atoms with van der Waals surface area (Å²) in [6, 6.07) is 4.13. The number of nitrogen functional groups attached to an aromatic ring is 1. The summed E-state index contributed by atoms with van der Waals surface area (Å²) in [5.41, 5.74) is 6.32. The average Bonchev–Trinajstić information content (AvgIpc) is 2.29. The molecule has 0 fully saturated rings. The van der Waals surface area contributed by atoms with Crippen molar-refractivity contribution in [2.24, 2.45) is 0 Å². The second kappa shape index (κ2) is 4.09. The predicted octanol–water partition coefficient (Wildman–Crippen LogP) is 1.27.